The second-order valence-corrected chi connectivity index (χ2v) is 12.2. The number of hydrogen-bond donors (Lipinski definition) is 2. The van der Waals surface area contributed by atoms with Crippen molar-refractivity contribution in [1.29, 1.82) is 0 Å². The van der Waals surface area contributed by atoms with E-state index in [0.29, 0.717) is 48.6 Å². The van der Waals surface area contributed by atoms with Gasteiger partial charge in [0.2, 0.25) is 0 Å². The number of anilines is 1. The van der Waals surface area contributed by atoms with Crippen molar-refractivity contribution >= 4 is 5.69 Å². The molecule has 18 heteroatoms. The van der Waals surface area contributed by atoms with E-state index in [1.807, 2.05) is 4.90 Å². The second-order valence-electron chi connectivity index (χ2n) is 12.2. The van der Waals surface area contributed by atoms with Crippen LogP contribution in [0.2, 0.25) is 0 Å². The van der Waals surface area contributed by atoms with Gasteiger partial charge >= 0.3 is 18.0 Å². The Bertz CT molecular complexity index is 2040. The van der Waals surface area contributed by atoms with Gasteiger partial charge in [0.25, 0.3) is 0 Å². The molecule has 0 saturated carbocycles. The van der Waals surface area contributed by atoms with Crippen LogP contribution in [0, 0.1) is 11.6 Å². The molecule has 2 aromatic heterocycles. The van der Waals surface area contributed by atoms with Crippen molar-refractivity contribution in [2.75, 3.05) is 31.1 Å². The van der Waals surface area contributed by atoms with Crippen LogP contribution < -0.4 is 10.6 Å². The molecule has 1 fully saturated rings. The summed E-state index contributed by atoms with van der Waals surface area (Å²) in [6, 6.07) is 10.4. The van der Waals surface area contributed by atoms with E-state index in [9.17, 15) is 45.0 Å². The number of aromatic nitrogens is 6. The molecule has 0 spiro atoms. The van der Waals surface area contributed by atoms with E-state index in [1.54, 1.807) is 31.2 Å². The van der Waals surface area contributed by atoms with Gasteiger partial charge in [-0.25, -0.2) is 27.9 Å². The van der Waals surface area contributed by atoms with E-state index in [1.165, 1.54) is 23.4 Å². The highest BCUT2D eigenvalue weighted by Gasteiger charge is 2.43. The van der Waals surface area contributed by atoms with E-state index < -0.39 is 64.6 Å². The largest absolute Gasteiger partial charge is 0.416 e. The molecule has 2 atom stereocenters. The third-order valence-electron chi connectivity index (χ3n) is 9.07. The number of hydrogen-bond acceptors (Lipinski definition) is 7. The third-order valence-corrected chi connectivity index (χ3v) is 9.07. The Kier molecular flexibility index (Phi) is 9.49. The number of rotatable bonds is 9. The van der Waals surface area contributed by atoms with Crippen molar-refractivity contribution in [2.45, 2.75) is 44.0 Å². The lowest BCUT2D eigenvalue weighted by Crippen LogP contribution is -2.57. The molecule has 3 heterocycles. The summed E-state index contributed by atoms with van der Waals surface area (Å²) in [6.45, 7) is 2.85. The Morgan fingerprint density at radius 1 is 0.882 bits per heavy atom. The molecule has 0 bridgehead atoms. The summed E-state index contributed by atoms with van der Waals surface area (Å²) in [7, 11) is 0. The monoisotopic (exact) mass is 722 g/mol. The molecule has 1 aliphatic rings. The molecule has 0 unspecified atom stereocenters. The third kappa shape index (κ3) is 7.51. The van der Waals surface area contributed by atoms with Gasteiger partial charge in [-0.1, -0.05) is 12.1 Å². The maximum atomic E-state index is 15.0. The first kappa shape index (κ1) is 35.7. The van der Waals surface area contributed by atoms with Gasteiger partial charge in [-0.15, -0.1) is 5.10 Å². The number of H-pyrrole nitrogens is 1. The van der Waals surface area contributed by atoms with Crippen LogP contribution in [0.1, 0.15) is 29.2 Å². The van der Waals surface area contributed by atoms with Gasteiger partial charge in [0.1, 0.15) is 29.9 Å². The van der Waals surface area contributed by atoms with Crippen LogP contribution in [0.5, 0.6) is 0 Å². The number of piperazine rings is 1. The van der Waals surface area contributed by atoms with Crippen molar-refractivity contribution in [1.82, 2.24) is 34.4 Å². The van der Waals surface area contributed by atoms with Gasteiger partial charge in [-0.3, -0.25) is 9.88 Å². The van der Waals surface area contributed by atoms with Crippen LogP contribution in [0.3, 0.4) is 0 Å². The van der Waals surface area contributed by atoms with E-state index >= 15 is 0 Å². The molecule has 0 aliphatic carbocycles. The molecule has 1 aliphatic heterocycles. The number of nitrogens with one attached hydrogen (secondary N) is 1. The molecule has 0 amide bonds. The average Bonchev–Trinajstić information content (AvgIpc) is 3.72. The van der Waals surface area contributed by atoms with E-state index in [2.05, 4.69) is 25.1 Å². The minimum atomic E-state index is -5.10. The van der Waals surface area contributed by atoms with Crippen LogP contribution in [0.15, 0.2) is 78.1 Å². The summed E-state index contributed by atoms with van der Waals surface area (Å²) < 4.78 is 111. The predicted octanol–water partition coefficient (Wildman–Crippen LogP) is 5.29. The summed E-state index contributed by atoms with van der Waals surface area (Å²) in [5, 5.41) is 20.1. The van der Waals surface area contributed by atoms with Crippen molar-refractivity contribution < 1.29 is 40.2 Å². The highest BCUT2D eigenvalue weighted by atomic mass is 19.4. The summed E-state index contributed by atoms with van der Waals surface area (Å²) in [5.74, 6) is -1.62. The molecular weight excluding hydrogens is 692 g/mol. The smallest absolute Gasteiger partial charge is 0.381 e. The Labute approximate surface area is 284 Å². The standard InChI is InChI=1S/C33H30F8N8O2/c1-20(31(51,17-48-19-42-18-43-48)26-9-6-24(34)15-28(26)35)46-10-12-47(13-11-46)25-7-3-21(4-8-25)29-44-30(50)49(45-29)16-22-2-5-23(32(36,37)38)14-27(22)33(39,40)41/h2-9,14-15,18-20,51H,10-13,16-17H2,1H3,(H,44,45,50)/t20-,31-/m1/s1. The van der Waals surface area contributed by atoms with Gasteiger partial charge in [-0.05, 0) is 55.0 Å². The first-order valence-corrected chi connectivity index (χ1v) is 15.6. The van der Waals surface area contributed by atoms with Crippen LogP contribution in [0.4, 0.5) is 40.8 Å². The zero-order chi connectivity index (χ0) is 36.7. The summed E-state index contributed by atoms with van der Waals surface area (Å²) >= 11 is 0. The zero-order valence-corrected chi connectivity index (χ0v) is 26.8. The molecule has 5 aromatic rings. The molecular formula is C33H30F8N8O2. The number of aromatic amines is 1. The second kappa shape index (κ2) is 13.6. The van der Waals surface area contributed by atoms with E-state index in [0.717, 1.165) is 17.8 Å². The van der Waals surface area contributed by atoms with Crippen LogP contribution in [-0.2, 0) is 31.0 Å². The average molecular weight is 723 g/mol. The Morgan fingerprint density at radius 2 is 1.59 bits per heavy atom. The summed E-state index contributed by atoms with van der Waals surface area (Å²) in [4.78, 5) is 23.0. The van der Waals surface area contributed by atoms with Gasteiger partial charge in [-0.2, -0.15) is 31.4 Å². The Hall–Kier alpha value is -5.10. The normalized spacial score (nSPS) is 16.3. The number of benzene rings is 3. The maximum Gasteiger partial charge on any atom is 0.416 e. The molecule has 3 aromatic carbocycles. The number of halogens is 8. The molecule has 6 rings (SSSR count). The maximum absolute atomic E-state index is 15.0. The van der Waals surface area contributed by atoms with E-state index in [-0.39, 0.29) is 24.0 Å². The molecule has 10 nitrogen and oxygen atoms in total. The quantitative estimate of drug-likeness (QED) is 0.199. The van der Waals surface area contributed by atoms with Gasteiger partial charge in [0.05, 0.1) is 24.2 Å². The summed E-state index contributed by atoms with van der Waals surface area (Å²) in [6.07, 6.45) is -7.40. The van der Waals surface area contributed by atoms with Crippen LogP contribution in [0.25, 0.3) is 11.4 Å². The van der Waals surface area contributed by atoms with Crippen molar-refractivity contribution in [3.8, 4) is 11.4 Å². The fourth-order valence-electron chi connectivity index (χ4n) is 6.25. The van der Waals surface area contributed by atoms with Crippen molar-refractivity contribution in [3.63, 3.8) is 0 Å². The molecule has 51 heavy (non-hydrogen) atoms. The zero-order valence-electron chi connectivity index (χ0n) is 26.8. The Morgan fingerprint density at radius 3 is 2.20 bits per heavy atom. The number of aliphatic hydroxyl groups is 1. The van der Waals surface area contributed by atoms with Gasteiger partial charge in [0, 0.05) is 55.1 Å². The lowest BCUT2D eigenvalue weighted by atomic mass is 9.85. The highest BCUT2D eigenvalue weighted by Crippen LogP contribution is 2.38. The topological polar surface area (TPSA) is 108 Å². The van der Waals surface area contributed by atoms with Crippen LogP contribution >= 0.6 is 0 Å². The molecule has 1 saturated heterocycles. The van der Waals surface area contributed by atoms with Crippen molar-refractivity contribution in [2.24, 2.45) is 0 Å². The lowest BCUT2D eigenvalue weighted by molar-refractivity contribution is -0.143. The highest BCUT2D eigenvalue weighted by molar-refractivity contribution is 5.60. The predicted molar refractivity (Wildman–Crippen MR) is 167 cm³/mol. The first-order chi connectivity index (χ1) is 24.0. The number of nitrogens with zero attached hydrogens (tertiary/aromatic N) is 7. The Balaban J connectivity index is 1.14. The first-order valence-electron chi connectivity index (χ1n) is 15.6. The fraction of sp³-hybridized carbons (Fsp3) is 0.333. The lowest BCUT2D eigenvalue weighted by Gasteiger charge is -2.45. The van der Waals surface area contributed by atoms with Gasteiger partial charge < -0.3 is 10.0 Å². The number of alkyl halides is 6. The SMILES string of the molecule is C[C@@H](N1CCN(c2ccc(-c3nn(Cc4ccc(C(F)(F)F)cc4C(F)(F)F)c(=O)[nH]3)cc2)CC1)[C@](O)(Cn1cncn1)c1ccc(F)cc1F. The minimum absolute atomic E-state index is 0.0116. The minimum Gasteiger partial charge on any atom is -0.381 e. The van der Waals surface area contributed by atoms with E-state index in [4.69, 9.17) is 0 Å². The molecule has 0 radical (unpaired) electrons. The van der Waals surface area contributed by atoms with Crippen LogP contribution in [-0.4, -0.2) is 71.8 Å². The van der Waals surface area contributed by atoms with Crippen molar-refractivity contribution in [3.05, 3.63) is 118 Å². The summed E-state index contributed by atoms with van der Waals surface area (Å²) in [5.41, 5.74) is -5.03. The molecule has 270 valence electrons. The fourth-order valence-corrected chi connectivity index (χ4v) is 6.25. The molecule has 2 N–H and O–H groups in total. The van der Waals surface area contributed by atoms with Gasteiger partial charge in [0.15, 0.2) is 5.82 Å².